The molecule has 5 nitrogen and oxygen atoms in total. The van der Waals surface area contributed by atoms with Crippen LogP contribution in [0.5, 0.6) is 0 Å². The Morgan fingerprint density at radius 1 is 1.15 bits per heavy atom. The lowest BCUT2D eigenvalue weighted by molar-refractivity contribution is 0.131. The summed E-state index contributed by atoms with van der Waals surface area (Å²) in [5.74, 6) is 2.91. The molecule has 1 rings (SSSR count). The van der Waals surface area contributed by atoms with Crippen molar-refractivity contribution in [2.75, 3.05) is 37.4 Å². The maximum absolute atomic E-state index is 5.53. The molecule has 2 N–H and O–H groups in total. The summed E-state index contributed by atoms with van der Waals surface area (Å²) in [5, 5.41) is 6.41. The molecule has 0 spiro atoms. The molecule has 1 aromatic heterocycles. The fourth-order valence-corrected chi connectivity index (χ4v) is 1.68. The lowest BCUT2D eigenvalue weighted by Gasteiger charge is -2.11. The van der Waals surface area contributed by atoms with E-state index < -0.39 is 0 Å². The molecule has 0 saturated heterocycles. The van der Waals surface area contributed by atoms with E-state index in [2.05, 4.69) is 41.4 Å². The lowest BCUT2D eigenvalue weighted by Crippen LogP contribution is -2.10. The molecule has 0 atom stereocenters. The van der Waals surface area contributed by atoms with Crippen molar-refractivity contribution >= 4 is 11.6 Å². The Morgan fingerprint density at radius 2 is 1.85 bits per heavy atom. The second-order valence-corrected chi connectivity index (χ2v) is 5.15. The first-order valence-corrected chi connectivity index (χ1v) is 7.55. The van der Waals surface area contributed by atoms with Crippen molar-refractivity contribution in [3.8, 4) is 0 Å². The van der Waals surface area contributed by atoms with Gasteiger partial charge in [-0.25, -0.2) is 9.97 Å². The molecule has 0 aliphatic carbocycles. The van der Waals surface area contributed by atoms with Crippen LogP contribution in [-0.2, 0) is 4.74 Å². The van der Waals surface area contributed by atoms with Crippen molar-refractivity contribution in [1.29, 1.82) is 0 Å². The van der Waals surface area contributed by atoms with Gasteiger partial charge >= 0.3 is 0 Å². The van der Waals surface area contributed by atoms with Crippen molar-refractivity contribution < 1.29 is 4.74 Å². The molecule has 0 aromatic carbocycles. The largest absolute Gasteiger partial charge is 0.381 e. The average molecular weight is 280 g/mol. The fourth-order valence-electron chi connectivity index (χ4n) is 1.68. The van der Waals surface area contributed by atoms with Crippen LogP contribution in [-0.4, -0.2) is 36.8 Å². The van der Waals surface area contributed by atoms with Gasteiger partial charge in [0.1, 0.15) is 17.5 Å². The number of rotatable bonds is 10. The van der Waals surface area contributed by atoms with Gasteiger partial charge in [0.25, 0.3) is 0 Å². The Morgan fingerprint density at radius 3 is 2.50 bits per heavy atom. The van der Waals surface area contributed by atoms with E-state index in [-0.39, 0.29) is 0 Å². The average Bonchev–Trinajstić information content (AvgIpc) is 2.46. The predicted octanol–water partition coefficient (Wildman–Crippen LogP) is 3.26. The molecule has 114 valence electrons. The van der Waals surface area contributed by atoms with Crippen LogP contribution in [0.3, 0.4) is 0 Å². The highest BCUT2D eigenvalue weighted by molar-refractivity contribution is 5.47. The normalized spacial score (nSPS) is 10.8. The zero-order valence-electron chi connectivity index (χ0n) is 13.2. The third kappa shape index (κ3) is 6.19. The minimum Gasteiger partial charge on any atom is -0.381 e. The SMILES string of the molecule is CCCCOCCCNc1cc(NC)nc(C(C)C)n1. The molecular formula is C15H28N4O. The van der Waals surface area contributed by atoms with Gasteiger partial charge in [0.15, 0.2) is 0 Å². The molecule has 1 aromatic rings. The van der Waals surface area contributed by atoms with Gasteiger partial charge in [0.05, 0.1) is 0 Å². The number of nitrogens with zero attached hydrogens (tertiary/aromatic N) is 2. The van der Waals surface area contributed by atoms with Crippen LogP contribution in [0.4, 0.5) is 11.6 Å². The van der Waals surface area contributed by atoms with Crippen molar-refractivity contribution in [2.24, 2.45) is 0 Å². The number of anilines is 2. The maximum Gasteiger partial charge on any atom is 0.135 e. The summed E-state index contributed by atoms with van der Waals surface area (Å²) in [5.41, 5.74) is 0. The van der Waals surface area contributed by atoms with Crippen molar-refractivity contribution in [2.45, 2.75) is 46.0 Å². The smallest absolute Gasteiger partial charge is 0.135 e. The summed E-state index contributed by atoms with van der Waals surface area (Å²) >= 11 is 0. The monoisotopic (exact) mass is 280 g/mol. The summed E-state index contributed by atoms with van der Waals surface area (Å²) in [7, 11) is 1.87. The second-order valence-electron chi connectivity index (χ2n) is 5.15. The van der Waals surface area contributed by atoms with Gasteiger partial charge in [-0.3, -0.25) is 0 Å². The van der Waals surface area contributed by atoms with E-state index in [1.165, 1.54) is 6.42 Å². The van der Waals surface area contributed by atoms with Gasteiger partial charge in [-0.15, -0.1) is 0 Å². The molecule has 5 heteroatoms. The van der Waals surface area contributed by atoms with E-state index in [0.29, 0.717) is 5.92 Å². The van der Waals surface area contributed by atoms with Crippen LogP contribution < -0.4 is 10.6 Å². The van der Waals surface area contributed by atoms with E-state index in [9.17, 15) is 0 Å². The Kier molecular flexibility index (Phi) is 7.95. The molecule has 0 bridgehead atoms. The zero-order valence-corrected chi connectivity index (χ0v) is 13.2. The number of hydrogen-bond donors (Lipinski definition) is 2. The van der Waals surface area contributed by atoms with Crippen LogP contribution in [0.25, 0.3) is 0 Å². The van der Waals surface area contributed by atoms with Crippen LogP contribution in [0.2, 0.25) is 0 Å². The van der Waals surface area contributed by atoms with Crippen molar-refractivity contribution in [1.82, 2.24) is 9.97 Å². The highest BCUT2D eigenvalue weighted by Crippen LogP contribution is 2.16. The number of aromatic nitrogens is 2. The van der Waals surface area contributed by atoms with Gasteiger partial charge < -0.3 is 15.4 Å². The third-order valence-corrected chi connectivity index (χ3v) is 2.93. The first kappa shape index (κ1) is 16.7. The van der Waals surface area contributed by atoms with Crippen molar-refractivity contribution in [3.63, 3.8) is 0 Å². The molecule has 0 aliphatic rings. The van der Waals surface area contributed by atoms with Gasteiger partial charge in [-0.05, 0) is 12.8 Å². The first-order chi connectivity index (χ1) is 9.67. The molecule has 1 heterocycles. The van der Waals surface area contributed by atoms with Gasteiger partial charge in [0, 0.05) is 38.8 Å². The third-order valence-electron chi connectivity index (χ3n) is 2.93. The Labute approximate surface area is 122 Å². The van der Waals surface area contributed by atoms with Crippen molar-refractivity contribution in [3.05, 3.63) is 11.9 Å². The van der Waals surface area contributed by atoms with E-state index in [1.807, 2.05) is 13.1 Å². The molecule has 0 radical (unpaired) electrons. The first-order valence-electron chi connectivity index (χ1n) is 7.55. The number of nitrogens with one attached hydrogen (secondary N) is 2. The Balaban J connectivity index is 2.37. The van der Waals surface area contributed by atoms with Crippen LogP contribution in [0, 0.1) is 0 Å². The topological polar surface area (TPSA) is 59.1 Å². The summed E-state index contributed by atoms with van der Waals surface area (Å²) in [6.07, 6.45) is 3.31. The minimum absolute atomic E-state index is 0.321. The van der Waals surface area contributed by atoms with Gasteiger partial charge in [-0.1, -0.05) is 27.2 Å². The van der Waals surface area contributed by atoms with Crippen LogP contribution in [0.1, 0.15) is 51.8 Å². The number of hydrogen-bond acceptors (Lipinski definition) is 5. The van der Waals surface area contributed by atoms with Gasteiger partial charge in [0.2, 0.25) is 0 Å². The fraction of sp³-hybridized carbons (Fsp3) is 0.733. The quantitative estimate of drug-likeness (QED) is 0.644. The molecule has 0 aliphatic heterocycles. The molecule has 20 heavy (non-hydrogen) atoms. The standard InChI is InChI=1S/C15H28N4O/c1-5-6-9-20-10-7-8-17-14-11-13(16-4)18-15(19-14)12(2)3/h11-12H,5-10H2,1-4H3,(H2,16,17,18,19). The zero-order chi connectivity index (χ0) is 14.8. The Hall–Kier alpha value is -1.36. The Bertz CT molecular complexity index is 382. The summed E-state index contributed by atoms with van der Waals surface area (Å²) in [4.78, 5) is 8.97. The summed E-state index contributed by atoms with van der Waals surface area (Å²) < 4.78 is 5.53. The van der Waals surface area contributed by atoms with Crippen LogP contribution in [0.15, 0.2) is 6.07 Å². The van der Waals surface area contributed by atoms with E-state index >= 15 is 0 Å². The lowest BCUT2D eigenvalue weighted by atomic mass is 10.2. The molecule has 0 unspecified atom stereocenters. The highest BCUT2D eigenvalue weighted by atomic mass is 16.5. The summed E-state index contributed by atoms with van der Waals surface area (Å²) in [6, 6.07) is 1.93. The number of ether oxygens (including phenoxy) is 1. The van der Waals surface area contributed by atoms with E-state index in [1.54, 1.807) is 0 Å². The molecule has 0 saturated carbocycles. The summed E-state index contributed by atoms with van der Waals surface area (Å²) in [6.45, 7) is 8.90. The molecule has 0 amide bonds. The number of unbranched alkanes of at least 4 members (excludes halogenated alkanes) is 1. The highest BCUT2D eigenvalue weighted by Gasteiger charge is 2.07. The minimum atomic E-state index is 0.321. The van der Waals surface area contributed by atoms with E-state index in [0.717, 1.165) is 50.1 Å². The van der Waals surface area contributed by atoms with Crippen LogP contribution >= 0.6 is 0 Å². The van der Waals surface area contributed by atoms with E-state index in [4.69, 9.17) is 4.74 Å². The van der Waals surface area contributed by atoms with Gasteiger partial charge in [-0.2, -0.15) is 0 Å². The predicted molar refractivity (Wildman–Crippen MR) is 84.5 cm³/mol. The molecular weight excluding hydrogens is 252 g/mol. The maximum atomic E-state index is 5.53. The second kappa shape index (κ2) is 9.53. The molecule has 0 fully saturated rings.